The van der Waals surface area contributed by atoms with Crippen molar-refractivity contribution < 1.29 is 19.1 Å². The van der Waals surface area contributed by atoms with E-state index >= 15 is 0 Å². The molecular weight excluding hydrogens is 198 g/mol. The third kappa shape index (κ3) is 2.02. The molecule has 2 atom stereocenters. The molecule has 15 heavy (non-hydrogen) atoms. The van der Waals surface area contributed by atoms with E-state index in [1.807, 2.05) is 0 Å². The number of esters is 1. The van der Waals surface area contributed by atoms with Gasteiger partial charge >= 0.3 is 5.97 Å². The van der Waals surface area contributed by atoms with E-state index in [0.717, 1.165) is 19.2 Å². The summed E-state index contributed by atoms with van der Waals surface area (Å²) in [7, 11) is 0. The number of aromatic nitrogens is 1. The largest absolute Gasteiger partial charge is 0.457 e. The molecule has 1 aromatic heterocycles. The highest BCUT2D eigenvalue weighted by Crippen LogP contribution is 2.36. The second-order valence-electron chi connectivity index (χ2n) is 3.63. The van der Waals surface area contributed by atoms with Crippen molar-refractivity contribution in [2.75, 3.05) is 0 Å². The Labute approximate surface area is 87.1 Å². The Kier molecular flexibility index (Phi) is 2.73. The molecule has 2 rings (SSSR count). The van der Waals surface area contributed by atoms with Crippen molar-refractivity contribution in [3.8, 4) is 0 Å². The second-order valence-corrected chi connectivity index (χ2v) is 3.63. The number of aliphatic hydroxyl groups excluding tert-OH is 1. The molecule has 5 heteroatoms. The minimum Gasteiger partial charge on any atom is -0.457 e. The molecule has 1 fully saturated rings. The Morgan fingerprint density at radius 1 is 1.80 bits per heavy atom. The summed E-state index contributed by atoms with van der Waals surface area (Å²) in [5.74, 6) is 0.140. The van der Waals surface area contributed by atoms with Gasteiger partial charge in [0, 0.05) is 0 Å². The number of carbonyl (C=O) groups excluding carboxylic acids is 1. The van der Waals surface area contributed by atoms with Crippen LogP contribution in [0.2, 0.25) is 0 Å². The lowest BCUT2D eigenvalue weighted by molar-refractivity contribution is 0.0438. The maximum atomic E-state index is 11.5. The van der Waals surface area contributed by atoms with Crippen molar-refractivity contribution in [2.45, 2.75) is 32.5 Å². The molecule has 0 amide bonds. The van der Waals surface area contributed by atoms with Crippen molar-refractivity contribution in [1.82, 2.24) is 4.98 Å². The molecule has 1 aromatic rings. The fourth-order valence-corrected chi connectivity index (χ4v) is 1.54. The van der Waals surface area contributed by atoms with E-state index in [2.05, 4.69) is 11.9 Å². The predicted molar refractivity (Wildman–Crippen MR) is 50.0 cm³/mol. The van der Waals surface area contributed by atoms with Crippen LogP contribution >= 0.6 is 0 Å². The molecule has 0 bridgehead atoms. The van der Waals surface area contributed by atoms with Crippen LogP contribution in [0.15, 0.2) is 10.8 Å². The van der Waals surface area contributed by atoms with Crippen LogP contribution in [0.4, 0.5) is 0 Å². The third-order valence-electron chi connectivity index (χ3n) is 2.62. The van der Waals surface area contributed by atoms with Gasteiger partial charge in [-0.2, -0.15) is 0 Å². The first-order valence-electron chi connectivity index (χ1n) is 5.00. The van der Waals surface area contributed by atoms with Crippen LogP contribution in [-0.4, -0.2) is 22.2 Å². The minimum atomic E-state index is -0.506. The van der Waals surface area contributed by atoms with Crippen LogP contribution in [0.1, 0.15) is 36.0 Å². The van der Waals surface area contributed by atoms with E-state index in [0.29, 0.717) is 5.92 Å². The molecule has 5 nitrogen and oxygen atoms in total. The fraction of sp³-hybridized carbons (Fsp3) is 0.600. The highest BCUT2D eigenvalue weighted by Gasteiger charge is 2.39. The van der Waals surface area contributed by atoms with Gasteiger partial charge in [-0.3, -0.25) is 0 Å². The first-order chi connectivity index (χ1) is 7.26. The van der Waals surface area contributed by atoms with Crippen molar-refractivity contribution in [2.24, 2.45) is 5.92 Å². The average molecular weight is 211 g/mol. The Morgan fingerprint density at radius 3 is 3.20 bits per heavy atom. The highest BCUT2D eigenvalue weighted by molar-refractivity contribution is 5.88. The first-order valence-corrected chi connectivity index (χ1v) is 5.00. The molecular formula is C10H13NO4. The normalized spacial score (nSPS) is 23.9. The topological polar surface area (TPSA) is 72.6 Å². The number of hydrogen-bond donors (Lipinski definition) is 1. The molecule has 0 radical (unpaired) electrons. The number of carbonyl (C=O) groups is 1. The van der Waals surface area contributed by atoms with Crippen LogP contribution in [-0.2, 0) is 11.3 Å². The quantitative estimate of drug-likeness (QED) is 0.755. The molecule has 0 aromatic carbocycles. The number of rotatable bonds is 4. The summed E-state index contributed by atoms with van der Waals surface area (Å²) in [5, 5.41) is 8.86. The van der Waals surface area contributed by atoms with Crippen LogP contribution in [0, 0.1) is 5.92 Å². The zero-order valence-electron chi connectivity index (χ0n) is 8.47. The van der Waals surface area contributed by atoms with E-state index in [4.69, 9.17) is 14.3 Å². The lowest BCUT2D eigenvalue weighted by atomic mass is 10.3. The van der Waals surface area contributed by atoms with Gasteiger partial charge in [0.1, 0.15) is 12.7 Å². The molecule has 0 aliphatic heterocycles. The standard InChI is InChI=1S/C10H13NO4/c1-2-6-3-7(6)15-10(13)9-8(4-12)14-5-11-9/h5-7,12H,2-4H2,1H3. The van der Waals surface area contributed by atoms with E-state index in [9.17, 15) is 4.79 Å². The van der Waals surface area contributed by atoms with E-state index in [-0.39, 0.29) is 24.2 Å². The highest BCUT2D eigenvalue weighted by atomic mass is 16.6. The van der Waals surface area contributed by atoms with Crippen LogP contribution in [0.3, 0.4) is 0 Å². The fourth-order valence-electron chi connectivity index (χ4n) is 1.54. The van der Waals surface area contributed by atoms with Crippen molar-refractivity contribution in [3.63, 3.8) is 0 Å². The molecule has 2 unspecified atom stereocenters. The number of nitrogens with zero attached hydrogens (tertiary/aromatic N) is 1. The van der Waals surface area contributed by atoms with Gasteiger partial charge in [0.2, 0.25) is 0 Å². The monoisotopic (exact) mass is 211 g/mol. The van der Waals surface area contributed by atoms with Gasteiger partial charge in [-0.1, -0.05) is 6.92 Å². The van der Waals surface area contributed by atoms with Crippen molar-refractivity contribution in [3.05, 3.63) is 17.8 Å². The zero-order chi connectivity index (χ0) is 10.8. The van der Waals surface area contributed by atoms with Crippen LogP contribution in [0.5, 0.6) is 0 Å². The van der Waals surface area contributed by atoms with Gasteiger partial charge in [-0.15, -0.1) is 0 Å². The van der Waals surface area contributed by atoms with E-state index in [1.54, 1.807) is 0 Å². The molecule has 1 heterocycles. The molecule has 1 saturated carbocycles. The maximum Gasteiger partial charge on any atom is 0.360 e. The van der Waals surface area contributed by atoms with Gasteiger partial charge in [0.05, 0.1) is 0 Å². The smallest absolute Gasteiger partial charge is 0.360 e. The number of oxazole rings is 1. The summed E-state index contributed by atoms with van der Waals surface area (Å²) in [5.41, 5.74) is 0.0826. The van der Waals surface area contributed by atoms with Crippen molar-refractivity contribution in [1.29, 1.82) is 0 Å². The zero-order valence-corrected chi connectivity index (χ0v) is 8.47. The summed E-state index contributed by atoms with van der Waals surface area (Å²) in [6, 6.07) is 0. The summed E-state index contributed by atoms with van der Waals surface area (Å²) >= 11 is 0. The Bertz CT molecular complexity index is 360. The molecule has 0 spiro atoms. The Balaban J connectivity index is 1.96. The Morgan fingerprint density at radius 2 is 2.60 bits per heavy atom. The lowest BCUT2D eigenvalue weighted by Gasteiger charge is -2.01. The molecule has 1 aliphatic rings. The summed E-state index contributed by atoms with van der Waals surface area (Å²) in [6.45, 7) is 1.72. The average Bonchev–Trinajstić information content (AvgIpc) is 2.81. The molecule has 82 valence electrons. The van der Waals surface area contributed by atoms with Crippen molar-refractivity contribution >= 4 is 5.97 Å². The second kappa shape index (κ2) is 4.02. The minimum absolute atomic E-state index is 0.0192. The van der Waals surface area contributed by atoms with Gasteiger partial charge in [0.15, 0.2) is 17.8 Å². The lowest BCUT2D eigenvalue weighted by Crippen LogP contribution is -2.10. The van der Waals surface area contributed by atoms with Gasteiger partial charge < -0.3 is 14.3 Å². The predicted octanol–water partition coefficient (Wildman–Crippen LogP) is 1.12. The summed E-state index contributed by atoms with van der Waals surface area (Å²) < 4.78 is 10.0. The SMILES string of the molecule is CCC1CC1OC(=O)c1ncoc1CO. The maximum absolute atomic E-state index is 11.5. The number of hydrogen-bond acceptors (Lipinski definition) is 5. The van der Waals surface area contributed by atoms with Gasteiger partial charge in [-0.25, -0.2) is 9.78 Å². The molecule has 0 saturated heterocycles. The number of aliphatic hydroxyl groups is 1. The molecule has 1 aliphatic carbocycles. The summed E-state index contributed by atoms with van der Waals surface area (Å²) in [4.78, 5) is 15.3. The van der Waals surface area contributed by atoms with E-state index < -0.39 is 5.97 Å². The first kappa shape index (κ1) is 10.2. The van der Waals surface area contributed by atoms with Gasteiger partial charge in [0.25, 0.3) is 0 Å². The summed E-state index contributed by atoms with van der Waals surface area (Å²) in [6.07, 6.45) is 3.09. The van der Waals surface area contributed by atoms with E-state index in [1.165, 1.54) is 0 Å². The van der Waals surface area contributed by atoms with Gasteiger partial charge in [-0.05, 0) is 18.8 Å². The Hall–Kier alpha value is -1.36. The molecule has 1 N–H and O–H groups in total. The third-order valence-corrected chi connectivity index (χ3v) is 2.62. The number of ether oxygens (including phenoxy) is 1. The van der Waals surface area contributed by atoms with Crippen LogP contribution < -0.4 is 0 Å². The van der Waals surface area contributed by atoms with Crippen LogP contribution in [0.25, 0.3) is 0 Å².